The van der Waals surface area contributed by atoms with Crippen LogP contribution in [0.3, 0.4) is 0 Å². The van der Waals surface area contributed by atoms with Crippen LogP contribution in [0.25, 0.3) is 0 Å². The van der Waals surface area contributed by atoms with E-state index in [0.29, 0.717) is 11.2 Å². The van der Waals surface area contributed by atoms with Gasteiger partial charge in [0, 0.05) is 11.5 Å². The number of fused-ring (bicyclic) bond motifs is 5. The second kappa shape index (κ2) is 6.57. The summed E-state index contributed by atoms with van der Waals surface area (Å²) < 4.78 is 0. The summed E-state index contributed by atoms with van der Waals surface area (Å²) in [5.41, 5.74) is 2.80. The number of Topliss-reactive ketones (excluding diaryl/α,β-unsaturated/α-hetero) is 1. The number of carbonyl (C=O) groups excluding carboxylic acids is 1. The lowest BCUT2D eigenvalue weighted by molar-refractivity contribution is -0.0753. The Bertz CT molecular complexity index is 789. The van der Waals surface area contributed by atoms with Crippen LogP contribution in [0.1, 0.15) is 81.1 Å². The minimum Gasteiger partial charge on any atom is -0.294 e. The zero-order valence-corrected chi connectivity index (χ0v) is 17.9. The van der Waals surface area contributed by atoms with Gasteiger partial charge in [-0.2, -0.15) is 0 Å². The predicted molar refractivity (Wildman–Crippen MR) is 115 cm³/mol. The van der Waals surface area contributed by atoms with Crippen LogP contribution in [0.5, 0.6) is 0 Å². The molecule has 3 fully saturated rings. The molecule has 7 atom stereocenters. The Morgan fingerprint density at radius 3 is 2.50 bits per heavy atom. The van der Waals surface area contributed by atoms with Crippen molar-refractivity contribution in [1.29, 1.82) is 0 Å². The van der Waals surface area contributed by atoms with E-state index in [9.17, 15) is 4.79 Å². The van der Waals surface area contributed by atoms with Gasteiger partial charge in [0.15, 0.2) is 5.78 Å². The van der Waals surface area contributed by atoms with E-state index < -0.39 is 0 Å². The summed E-state index contributed by atoms with van der Waals surface area (Å²) >= 11 is 0. The molecule has 1 heteroatoms. The lowest BCUT2D eigenvalue weighted by Crippen LogP contribution is -2.52. The highest BCUT2D eigenvalue weighted by Crippen LogP contribution is 2.66. The second-order valence-electron chi connectivity index (χ2n) is 10.9. The molecule has 0 amide bonds. The highest BCUT2D eigenvalue weighted by molar-refractivity contribution is 5.98. The molecule has 4 aliphatic carbocycles. The van der Waals surface area contributed by atoms with E-state index in [-0.39, 0.29) is 11.3 Å². The molecular weight excluding hydrogens is 340 g/mol. The van der Waals surface area contributed by atoms with Crippen molar-refractivity contribution in [3.63, 3.8) is 0 Å². The Balaban J connectivity index is 1.42. The van der Waals surface area contributed by atoms with Crippen LogP contribution in [0.2, 0.25) is 0 Å². The minimum absolute atomic E-state index is 0.213. The van der Waals surface area contributed by atoms with E-state index in [1.54, 1.807) is 0 Å². The number of ketones is 1. The smallest absolute Gasteiger partial charge is 0.166 e. The van der Waals surface area contributed by atoms with Gasteiger partial charge in [-0.15, -0.1) is 0 Å². The van der Waals surface area contributed by atoms with Crippen molar-refractivity contribution in [2.75, 3.05) is 0 Å². The standard InChI is InChI=1S/C27H36O/c1-18-7-9-19(10-8-18)25(28)24-14-13-22-21-12-11-20-6-4-5-16-26(20,2)23(21)15-17-27(22,24)3/h5,7-10,16,20-24H,4,6,11-15,17H2,1-3H3/t20-,21-,22-,23-,24-,26-,27-/m0/s1. The van der Waals surface area contributed by atoms with Gasteiger partial charge in [-0.1, -0.05) is 55.8 Å². The van der Waals surface area contributed by atoms with Crippen molar-refractivity contribution in [2.24, 2.45) is 40.4 Å². The quantitative estimate of drug-likeness (QED) is 0.401. The molecule has 1 aromatic carbocycles. The number of benzene rings is 1. The van der Waals surface area contributed by atoms with Crippen LogP contribution in [-0.4, -0.2) is 5.78 Å². The molecule has 0 saturated heterocycles. The summed E-state index contributed by atoms with van der Waals surface area (Å²) in [4.78, 5) is 13.5. The number of rotatable bonds is 2. The molecule has 1 aromatic rings. The monoisotopic (exact) mass is 376 g/mol. The Morgan fingerprint density at radius 2 is 1.71 bits per heavy atom. The Morgan fingerprint density at radius 1 is 0.929 bits per heavy atom. The molecule has 4 aliphatic rings. The molecule has 5 rings (SSSR count). The third-order valence-corrected chi connectivity index (χ3v) is 9.78. The molecule has 0 spiro atoms. The van der Waals surface area contributed by atoms with E-state index in [2.05, 4.69) is 57.2 Å². The van der Waals surface area contributed by atoms with Gasteiger partial charge in [0.25, 0.3) is 0 Å². The number of hydrogen-bond donors (Lipinski definition) is 0. The molecule has 3 saturated carbocycles. The number of hydrogen-bond acceptors (Lipinski definition) is 1. The number of carbonyl (C=O) groups is 1. The fraction of sp³-hybridized carbons (Fsp3) is 0.667. The van der Waals surface area contributed by atoms with Crippen LogP contribution >= 0.6 is 0 Å². The highest BCUT2D eigenvalue weighted by atomic mass is 16.1. The Hall–Kier alpha value is -1.37. The van der Waals surface area contributed by atoms with Crippen LogP contribution in [-0.2, 0) is 0 Å². The average Bonchev–Trinajstić information content (AvgIpc) is 3.05. The fourth-order valence-corrected chi connectivity index (χ4v) is 8.17. The first-order chi connectivity index (χ1) is 13.4. The molecule has 0 unspecified atom stereocenters. The molecule has 0 heterocycles. The molecule has 150 valence electrons. The van der Waals surface area contributed by atoms with Gasteiger partial charge < -0.3 is 0 Å². The molecule has 1 nitrogen and oxygen atoms in total. The molecule has 0 bridgehead atoms. The lowest BCUT2D eigenvalue weighted by atomic mass is 9.46. The molecule has 0 N–H and O–H groups in total. The van der Waals surface area contributed by atoms with Crippen LogP contribution in [0, 0.1) is 47.3 Å². The fourth-order valence-electron chi connectivity index (χ4n) is 8.17. The van der Waals surface area contributed by atoms with Gasteiger partial charge in [-0.25, -0.2) is 0 Å². The largest absolute Gasteiger partial charge is 0.294 e. The zero-order valence-electron chi connectivity index (χ0n) is 17.9. The molecular formula is C27H36O. The van der Waals surface area contributed by atoms with E-state index in [4.69, 9.17) is 0 Å². The van der Waals surface area contributed by atoms with Gasteiger partial charge in [0.2, 0.25) is 0 Å². The Labute approximate surface area is 171 Å². The maximum Gasteiger partial charge on any atom is 0.166 e. The average molecular weight is 377 g/mol. The molecule has 0 aliphatic heterocycles. The second-order valence-corrected chi connectivity index (χ2v) is 10.9. The first-order valence-electron chi connectivity index (χ1n) is 11.7. The number of aryl methyl sites for hydroxylation is 1. The summed E-state index contributed by atoms with van der Waals surface area (Å²) in [7, 11) is 0. The predicted octanol–water partition coefficient (Wildman–Crippen LogP) is 7.00. The Kier molecular flexibility index (Phi) is 4.38. The zero-order chi connectivity index (χ0) is 19.5. The van der Waals surface area contributed by atoms with Crippen LogP contribution < -0.4 is 0 Å². The summed E-state index contributed by atoms with van der Waals surface area (Å²) in [6.07, 6.45) is 15.5. The van der Waals surface area contributed by atoms with Gasteiger partial charge in [-0.3, -0.25) is 4.79 Å². The summed E-state index contributed by atoms with van der Waals surface area (Å²) in [6, 6.07) is 8.30. The molecule has 0 radical (unpaired) electrons. The van der Waals surface area contributed by atoms with E-state index in [0.717, 1.165) is 35.7 Å². The van der Waals surface area contributed by atoms with Crippen molar-refractivity contribution in [1.82, 2.24) is 0 Å². The highest BCUT2D eigenvalue weighted by Gasteiger charge is 2.60. The maximum absolute atomic E-state index is 13.5. The maximum atomic E-state index is 13.5. The summed E-state index contributed by atoms with van der Waals surface area (Å²) in [6.45, 7) is 7.14. The van der Waals surface area contributed by atoms with E-state index >= 15 is 0 Å². The first kappa shape index (κ1) is 18.6. The van der Waals surface area contributed by atoms with Crippen molar-refractivity contribution >= 4 is 5.78 Å². The van der Waals surface area contributed by atoms with Crippen molar-refractivity contribution in [2.45, 2.75) is 72.1 Å². The van der Waals surface area contributed by atoms with Gasteiger partial charge >= 0.3 is 0 Å². The van der Waals surface area contributed by atoms with Crippen molar-refractivity contribution in [3.05, 3.63) is 47.5 Å². The van der Waals surface area contributed by atoms with E-state index in [1.165, 1.54) is 50.5 Å². The van der Waals surface area contributed by atoms with E-state index in [1.807, 2.05) is 0 Å². The summed E-state index contributed by atoms with van der Waals surface area (Å²) in [5, 5.41) is 0. The minimum atomic E-state index is 0.213. The number of allylic oxidation sites excluding steroid dienone is 2. The molecule has 28 heavy (non-hydrogen) atoms. The third kappa shape index (κ3) is 2.61. The molecule has 0 aromatic heterocycles. The normalized spacial score (nSPS) is 44.5. The van der Waals surface area contributed by atoms with Crippen molar-refractivity contribution in [3.8, 4) is 0 Å². The van der Waals surface area contributed by atoms with Gasteiger partial charge in [0.1, 0.15) is 0 Å². The van der Waals surface area contributed by atoms with Crippen LogP contribution in [0.4, 0.5) is 0 Å². The first-order valence-corrected chi connectivity index (χ1v) is 11.7. The van der Waals surface area contributed by atoms with Gasteiger partial charge in [-0.05, 0) is 92.8 Å². The third-order valence-electron chi connectivity index (χ3n) is 9.78. The van der Waals surface area contributed by atoms with Gasteiger partial charge in [0.05, 0.1) is 0 Å². The van der Waals surface area contributed by atoms with Crippen molar-refractivity contribution < 1.29 is 4.79 Å². The SMILES string of the molecule is Cc1ccc(C(=O)[C@@H]2CC[C@H]3[C@@H]4CC[C@@H]5CCC=C[C@]5(C)[C@H]4CC[C@]23C)cc1. The van der Waals surface area contributed by atoms with Crippen LogP contribution in [0.15, 0.2) is 36.4 Å². The topological polar surface area (TPSA) is 17.1 Å². The summed E-state index contributed by atoms with van der Waals surface area (Å²) in [5.74, 6) is 3.97. The lowest BCUT2D eigenvalue weighted by Gasteiger charge is -2.59.